The van der Waals surface area contributed by atoms with Gasteiger partial charge in [-0.2, -0.15) is 5.10 Å². The molecular formula is C19H19FN4O4. The van der Waals surface area contributed by atoms with Gasteiger partial charge < -0.3 is 19.3 Å². The van der Waals surface area contributed by atoms with Crippen molar-refractivity contribution in [1.82, 2.24) is 15.4 Å². The normalized spacial score (nSPS) is 16.9. The van der Waals surface area contributed by atoms with Crippen molar-refractivity contribution in [2.45, 2.75) is 18.8 Å². The lowest BCUT2D eigenvalue weighted by Crippen LogP contribution is -2.35. The van der Waals surface area contributed by atoms with Crippen molar-refractivity contribution in [2.24, 2.45) is 0 Å². The van der Waals surface area contributed by atoms with Crippen LogP contribution >= 0.6 is 0 Å². The maximum absolute atomic E-state index is 13.7. The molecule has 28 heavy (non-hydrogen) atoms. The van der Waals surface area contributed by atoms with Gasteiger partial charge in [0.2, 0.25) is 0 Å². The van der Waals surface area contributed by atoms with Crippen molar-refractivity contribution < 1.29 is 23.6 Å². The van der Waals surface area contributed by atoms with Crippen LogP contribution in [-0.4, -0.2) is 46.6 Å². The Balaban J connectivity index is 1.70. The molecule has 3 heterocycles. The summed E-state index contributed by atoms with van der Waals surface area (Å²) in [7, 11) is 1.34. The molecule has 3 aromatic rings. The fourth-order valence-electron chi connectivity index (χ4n) is 3.61. The number of ether oxygens (including phenoxy) is 1. The highest BCUT2D eigenvalue weighted by Crippen LogP contribution is 2.36. The van der Waals surface area contributed by atoms with E-state index in [0.717, 1.165) is 18.5 Å². The Labute approximate surface area is 159 Å². The molecular weight excluding hydrogens is 367 g/mol. The van der Waals surface area contributed by atoms with Crippen molar-refractivity contribution in [3.63, 3.8) is 0 Å². The van der Waals surface area contributed by atoms with Gasteiger partial charge in [0, 0.05) is 36.5 Å². The third-order valence-electron chi connectivity index (χ3n) is 4.98. The highest BCUT2D eigenvalue weighted by molar-refractivity contribution is 5.99. The molecule has 146 valence electrons. The molecule has 1 aromatic carbocycles. The lowest BCUT2D eigenvalue weighted by molar-refractivity contribution is 0.0697. The van der Waals surface area contributed by atoms with E-state index in [1.54, 1.807) is 6.20 Å². The molecule has 1 fully saturated rings. The SMILES string of the molecule is COc1cc(-c2onc(N3CCCC(c4ccn[nH]4)C3)c2C(=O)O)ccc1F. The maximum atomic E-state index is 13.7. The second-order valence-corrected chi connectivity index (χ2v) is 6.66. The zero-order chi connectivity index (χ0) is 19.7. The Bertz CT molecular complexity index is 986. The molecule has 0 radical (unpaired) electrons. The Morgan fingerprint density at radius 1 is 1.43 bits per heavy atom. The zero-order valence-corrected chi connectivity index (χ0v) is 15.2. The minimum Gasteiger partial charge on any atom is -0.494 e. The van der Waals surface area contributed by atoms with Gasteiger partial charge in [0.15, 0.2) is 28.7 Å². The summed E-state index contributed by atoms with van der Waals surface area (Å²) >= 11 is 0. The molecule has 1 aliphatic heterocycles. The van der Waals surface area contributed by atoms with Gasteiger partial charge in [-0.15, -0.1) is 0 Å². The van der Waals surface area contributed by atoms with Crippen LogP contribution < -0.4 is 9.64 Å². The summed E-state index contributed by atoms with van der Waals surface area (Å²) in [5.41, 5.74) is 1.35. The number of halogens is 1. The second kappa shape index (κ2) is 7.34. The molecule has 0 bridgehead atoms. The first-order valence-electron chi connectivity index (χ1n) is 8.89. The number of nitrogens with zero attached hydrogens (tertiary/aromatic N) is 3. The summed E-state index contributed by atoms with van der Waals surface area (Å²) in [5, 5.41) is 20.8. The number of anilines is 1. The standard InChI is InChI=1S/C19H19FN4O4/c1-27-15-9-11(4-5-13(15)20)17-16(19(25)26)18(23-28-17)24-8-2-3-12(10-24)14-6-7-21-22-14/h4-7,9,12H,2-3,8,10H2,1H3,(H,21,22)(H,25,26). The quantitative estimate of drug-likeness (QED) is 0.693. The molecule has 1 aliphatic rings. The van der Waals surface area contributed by atoms with Gasteiger partial charge in [0.1, 0.15) is 0 Å². The Kier molecular flexibility index (Phi) is 4.72. The maximum Gasteiger partial charge on any atom is 0.343 e. The van der Waals surface area contributed by atoms with Crippen LogP contribution in [0.15, 0.2) is 35.0 Å². The first-order valence-corrected chi connectivity index (χ1v) is 8.89. The predicted molar refractivity (Wildman–Crippen MR) is 98.2 cm³/mol. The smallest absolute Gasteiger partial charge is 0.343 e. The number of hydrogen-bond acceptors (Lipinski definition) is 6. The number of benzene rings is 1. The van der Waals surface area contributed by atoms with Gasteiger partial charge in [0.05, 0.1) is 7.11 Å². The number of carbonyl (C=O) groups is 1. The summed E-state index contributed by atoms with van der Waals surface area (Å²) < 4.78 is 24.1. The molecule has 9 heteroatoms. The summed E-state index contributed by atoms with van der Waals surface area (Å²) in [6.45, 7) is 1.27. The van der Waals surface area contributed by atoms with Crippen LogP contribution in [0.25, 0.3) is 11.3 Å². The largest absolute Gasteiger partial charge is 0.494 e. The van der Waals surface area contributed by atoms with Gasteiger partial charge in [-0.25, -0.2) is 9.18 Å². The van der Waals surface area contributed by atoms with Gasteiger partial charge in [-0.1, -0.05) is 5.16 Å². The Morgan fingerprint density at radius 2 is 2.29 bits per heavy atom. The van der Waals surface area contributed by atoms with Gasteiger partial charge in [0.25, 0.3) is 0 Å². The minimum absolute atomic E-state index is 0.00377. The number of aromatic nitrogens is 3. The molecule has 0 saturated carbocycles. The van der Waals surface area contributed by atoms with Crippen LogP contribution in [-0.2, 0) is 0 Å². The van der Waals surface area contributed by atoms with Crippen LogP contribution in [0.3, 0.4) is 0 Å². The number of hydrogen-bond donors (Lipinski definition) is 2. The summed E-state index contributed by atoms with van der Waals surface area (Å²) in [5.74, 6) is -1.15. The Hall–Kier alpha value is -3.36. The number of methoxy groups -OCH3 is 1. The third-order valence-corrected chi connectivity index (χ3v) is 4.98. The summed E-state index contributed by atoms with van der Waals surface area (Å²) in [6.07, 6.45) is 3.56. The van der Waals surface area contributed by atoms with Crippen LogP contribution in [0.2, 0.25) is 0 Å². The van der Waals surface area contributed by atoms with Crippen LogP contribution in [0.4, 0.5) is 10.2 Å². The number of piperidine rings is 1. The zero-order valence-electron chi connectivity index (χ0n) is 15.2. The fraction of sp³-hybridized carbons (Fsp3) is 0.316. The van der Waals surface area contributed by atoms with Crippen LogP contribution in [0.5, 0.6) is 5.75 Å². The molecule has 0 spiro atoms. The monoisotopic (exact) mass is 386 g/mol. The second-order valence-electron chi connectivity index (χ2n) is 6.66. The van der Waals surface area contributed by atoms with Crippen molar-refractivity contribution >= 4 is 11.8 Å². The van der Waals surface area contributed by atoms with Gasteiger partial charge in [-0.05, 0) is 37.1 Å². The molecule has 4 rings (SSSR count). The topological polar surface area (TPSA) is 104 Å². The van der Waals surface area contributed by atoms with E-state index in [-0.39, 0.29) is 28.8 Å². The lowest BCUT2D eigenvalue weighted by atomic mass is 9.94. The molecule has 1 saturated heterocycles. The van der Waals surface area contributed by atoms with E-state index in [1.807, 2.05) is 11.0 Å². The van der Waals surface area contributed by atoms with E-state index in [0.29, 0.717) is 18.7 Å². The average molecular weight is 386 g/mol. The number of H-pyrrole nitrogens is 1. The number of aromatic amines is 1. The Morgan fingerprint density at radius 3 is 3.00 bits per heavy atom. The first kappa shape index (κ1) is 18.0. The minimum atomic E-state index is -1.15. The molecule has 0 aliphatic carbocycles. The van der Waals surface area contributed by atoms with Crippen molar-refractivity contribution in [3.8, 4) is 17.1 Å². The molecule has 8 nitrogen and oxygen atoms in total. The average Bonchev–Trinajstić information content (AvgIpc) is 3.38. The molecule has 1 unspecified atom stereocenters. The number of carboxylic acids is 1. The van der Waals surface area contributed by atoms with Gasteiger partial charge in [-0.3, -0.25) is 5.10 Å². The molecule has 0 amide bonds. The first-order chi connectivity index (χ1) is 13.6. The molecule has 1 atom stereocenters. The van der Waals surface area contributed by atoms with Crippen molar-refractivity contribution in [2.75, 3.05) is 25.1 Å². The van der Waals surface area contributed by atoms with E-state index in [1.165, 1.54) is 25.3 Å². The van der Waals surface area contributed by atoms with E-state index >= 15 is 0 Å². The molecule has 2 N–H and O–H groups in total. The van der Waals surface area contributed by atoms with E-state index in [9.17, 15) is 14.3 Å². The van der Waals surface area contributed by atoms with E-state index in [4.69, 9.17) is 9.26 Å². The predicted octanol–water partition coefficient (Wildman–Crippen LogP) is 3.29. The van der Waals surface area contributed by atoms with E-state index < -0.39 is 11.8 Å². The summed E-state index contributed by atoms with van der Waals surface area (Å²) in [6, 6.07) is 5.97. The molecule has 2 aromatic heterocycles. The van der Waals surface area contributed by atoms with Crippen LogP contribution in [0.1, 0.15) is 34.8 Å². The summed E-state index contributed by atoms with van der Waals surface area (Å²) in [4.78, 5) is 13.9. The van der Waals surface area contributed by atoms with Crippen molar-refractivity contribution in [3.05, 3.63) is 47.5 Å². The third kappa shape index (κ3) is 3.19. The number of nitrogens with one attached hydrogen (secondary N) is 1. The number of carboxylic acid groups (broad SMARTS) is 1. The fourth-order valence-corrected chi connectivity index (χ4v) is 3.61. The highest BCUT2D eigenvalue weighted by Gasteiger charge is 2.31. The number of aromatic carboxylic acids is 1. The number of rotatable bonds is 5. The highest BCUT2D eigenvalue weighted by atomic mass is 19.1. The lowest BCUT2D eigenvalue weighted by Gasteiger charge is -2.32. The van der Waals surface area contributed by atoms with Gasteiger partial charge >= 0.3 is 5.97 Å². The van der Waals surface area contributed by atoms with Crippen molar-refractivity contribution in [1.29, 1.82) is 0 Å². The van der Waals surface area contributed by atoms with E-state index in [2.05, 4.69) is 15.4 Å². The van der Waals surface area contributed by atoms with Crippen LogP contribution in [0, 0.1) is 5.82 Å².